The van der Waals surface area contributed by atoms with Crippen LogP contribution >= 0.6 is 0 Å². The number of hydrogen-bond acceptors (Lipinski definition) is 10. The summed E-state index contributed by atoms with van der Waals surface area (Å²) in [7, 11) is 0. The number of likely N-dealkylation sites (tertiary alicyclic amines) is 4. The number of aromatic nitrogens is 3. The molecule has 0 aromatic carbocycles. The molecule has 0 unspecified atom stereocenters. The standard InChI is InChI=1S/C45H53N7O9/c1-42(2,3)60-40(57)47-23-7-11-32(47)35(53)49-25-9-21-44(49,38(55)51-28-13-14-29(51)16-15-28)34-27-46-37(59-34)45(39(56)52-30-17-18-31(52)20-19-30)22-10-26-50(45)36(54)33-12-8-24-48(33)41(58)61-43(4,5)6/h13-20,27,32-33H,7-12,21-26H2,1-6H3/t32-,33-,44+,45+/m1/s1. The van der Waals surface area contributed by atoms with Crippen LogP contribution in [0.2, 0.25) is 0 Å². The third-order valence-corrected chi connectivity index (χ3v) is 12.7. The highest BCUT2D eigenvalue weighted by Gasteiger charge is 2.61. The van der Waals surface area contributed by atoms with Crippen LogP contribution in [0.15, 0.2) is 59.1 Å². The topological polar surface area (TPSA) is 170 Å². The molecule has 322 valence electrons. The van der Waals surface area contributed by atoms with Crippen LogP contribution in [-0.4, -0.2) is 119 Å². The molecule has 4 aliphatic rings. The number of amides is 4. The lowest BCUT2D eigenvalue weighted by molar-refractivity contribution is -0.140. The van der Waals surface area contributed by atoms with Gasteiger partial charge in [0.25, 0.3) is 11.8 Å². The molecule has 4 fully saturated rings. The molecule has 4 saturated heterocycles. The van der Waals surface area contributed by atoms with Crippen LogP contribution in [0.25, 0.3) is 22.1 Å². The van der Waals surface area contributed by atoms with E-state index < -0.39 is 70.2 Å². The van der Waals surface area contributed by atoms with E-state index in [1.54, 1.807) is 50.7 Å². The van der Waals surface area contributed by atoms with Crippen LogP contribution in [0.4, 0.5) is 9.59 Å². The Labute approximate surface area is 353 Å². The van der Waals surface area contributed by atoms with Gasteiger partial charge in [0.1, 0.15) is 23.3 Å². The second-order valence-electron chi connectivity index (χ2n) is 18.9. The second kappa shape index (κ2) is 14.3. The first kappa shape index (κ1) is 40.5. The number of hydrogen-bond donors (Lipinski definition) is 0. The Kier molecular flexibility index (Phi) is 9.51. The van der Waals surface area contributed by atoms with E-state index >= 15 is 9.59 Å². The summed E-state index contributed by atoms with van der Waals surface area (Å²) in [6.45, 7) is 11.6. The summed E-state index contributed by atoms with van der Waals surface area (Å²) in [4.78, 5) is 98.3. The van der Waals surface area contributed by atoms with Crippen molar-refractivity contribution in [2.45, 2.75) is 127 Å². The van der Waals surface area contributed by atoms with Gasteiger partial charge in [0.05, 0.1) is 6.20 Å². The van der Waals surface area contributed by atoms with Crippen LogP contribution in [0.1, 0.15) is 114 Å². The van der Waals surface area contributed by atoms with Gasteiger partial charge in [-0.15, -0.1) is 0 Å². The Morgan fingerprint density at radius 3 is 1.41 bits per heavy atom. The van der Waals surface area contributed by atoms with Gasteiger partial charge in [0.15, 0.2) is 16.8 Å². The first-order valence-corrected chi connectivity index (χ1v) is 21.4. The van der Waals surface area contributed by atoms with E-state index in [1.165, 1.54) is 25.8 Å². The molecule has 16 heteroatoms. The van der Waals surface area contributed by atoms with Crippen molar-refractivity contribution in [3.8, 4) is 0 Å². The quantitative estimate of drug-likeness (QED) is 0.182. The summed E-state index contributed by atoms with van der Waals surface area (Å²) >= 11 is 0. The summed E-state index contributed by atoms with van der Waals surface area (Å²) in [5.74, 6) is -1.77. The Bertz CT molecular complexity index is 2260. The summed E-state index contributed by atoms with van der Waals surface area (Å²) < 4.78 is 21.4. The predicted molar refractivity (Wildman–Crippen MR) is 221 cm³/mol. The maximum absolute atomic E-state index is 15.4. The van der Waals surface area contributed by atoms with Gasteiger partial charge < -0.3 is 23.7 Å². The highest BCUT2D eigenvalue weighted by Crippen LogP contribution is 2.48. The number of carbonyl (C=O) groups is 6. The molecule has 61 heavy (non-hydrogen) atoms. The Balaban J connectivity index is 1.15. The molecule has 0 radical (unpaired) electrons. The second-order valence-corrected chi connectivity index (χ2v) is 18.9. The van der Waals surface area contributed by atoms with E-state index in [4.69, 9.17) is 18.9 Å². The van der Waals surface area contributed by atoms with Crippen molar-refractivity contribution in [3.05, 3.63) is 66.4 Å². The molecule has 5 aromatic rings. The van der Waals surface area contributed by atoms with Gasteiger partial charge in [-0.2, -0.15) is 0 Å². The summed E-state index contributed by atoms with van der Waals surface area (Å²) in [5, 5.41) is 0. The molecular weight excluding hydrogens is 783 g/mol. The summed E-state index contributed by atoms with van der Waals surface area (Å²) in [5.41, 5.74) is -2.54. The van der Waals surface area contributed by atoms with E-state index in [0.717, 1.165) is 0 Å². The number of ether oxygens (including phenoxy) is 2. The molecule has 16 nitrogen and oxygen atoms in total. The number of carbonyl (C=O) groups excluding carboxylic acids is 6. The third-order valence-electron chi connectivity index (χ3n) is 12.7. The molecule has 4 atom stereocenters. The van der Waals surface area contributed by atoms with Crippen LogP contribution < -0.4 is 0 Å². The van der Waals surface area contributed by atoms with E-state index in [-0.39, 0.29) is 37.6 Å². The van der Waals surface area contributed by atoms with Crippen LogP contribution in [0, 0.1) is 0 Å². The SMILES string of the molecule is CC(C)(C)OC(=O)N1CCC[C@@H]1C(=O)N1CCC[C@@]1(C(=O)n1c2ccc1cc2)c1cnc([C@]2(C(=O)n3c4ccc3cc4)CCCN2C(=O)[C@H]2CCCN2C(=O)OC(C)(C)C)o1. The molecule has 0 saturated carbocycles. The third kappa shape index (κ3) is 6.42. The van der Waals surface area contributed by atoms with Crippen LogP contribution in [0.3, 0.4) is 0 Å². The Morgan fingerprint density at radius 1 is 0.590 bits per heavy atom. The van der Waals surface area contributed by atoms with E-state index in [9.17, 15) is 19.2 Å². The molecular formula is C45H53N7O9. The lowest BCUT2D eigenvalue weighted by Gasteiger charge is -2.39. The zero-order chi connectivity index (χ0) is 43.2. The molecule has 5 aromatic heterocycles. The molecule has 9 rings (SSSR count). The molecule has 0 spiro atoms. The van der Waals surface area contributed by atoms with Crippen molar-refractivity contribution in [2.24, 2.45) is 0 Å². The van der Waals surface area contributed by atoms with Crippen LogP contribution in [0.5, 0.6) is 0 Å². The molecule has 0 aliphatic carbocycles. The number of nitrogens with zero attached hydrogens (tertiary/aromatic N) is 7. The monoisotopic (exact) mass is 835 g/mol. The predicted octanol–water partition coefficient (Wildman–Crippen LogP) is 6.57. The van der Waals surface area contributed by atoms with Crippen molar-refractivity contribution in [1.82, 2.24) is 33.7 Å². The summed E-state index contributed by atoms with van der Waals surface area (Å²) in [6.07, 6.45) is 3.30. The van der Waals surface area contributed by atoms with Crippen molar-refractivity contribution >= 4 is 57.9 Å². The lowest BCUT2D eigenvalue weighted by atomic mass is 9.91. The summed E-state index contributed by atoms with van der Waals surface area (Å²) in [6, 6.07) is 12.8. The van der Waals surface area contributed by atoms with Gasteiger partial charge in [0.2, 0.25) is 17.7 Å². The molecule has 4 aliphatic heterocycles. The smallest absolute Gasteiger partial charge is 0.410 e. The average molecular weight is 836 g/mol. The Hall–Kier alpha value is -5.93. The number of oxazole rings is 1. The minimum absolute atomic E-state index is 0.0522. The zero-order valence-electron chi connectivity index (χ0n) is 35.6. The Morgan fingerprint density at radius 2 is 0.984 bits per heavy atom. The van der Waals surface area contributed by atoms with Gasteiger partial charge in [-0.25, -0.2) is 14.6 Å². The van der Waals surface area contributed by atoms with Crippen molar-refractivity contribution in [2.75, 3.05) is 26.2 Å². The van der Waals surface area contributed by atoms with Gasteiger partial charge in [-0.05, 0) is 141 Å². The first-order valence-electron chi connectivity index (χ1n) is 21.4. The zero-order valence-corrected chi connectivity index (χ0v) is 35.6. The molecule has 4 amide bonds. The molecule has 0 N–H and O–H groups in total. The highest BCUT2D eigenvalue weighted by molar-refractivity contribution is 6.03. The van der Waals surface area contributed by atoms with Gasteiger partial charge in [-0.1, -0.05) is 0 Å². The number of rotatable bonds is 6. The minimum atomic E-state index is -1.78. The fraction of sp³-hybridized carbons (Fsp3) is 0.533. The van der Waals surface area contributed by atoms with Gasteiger partial charge in [0, 0.05) is 48.2 Å². The van der Waals surface area contributed by atoms with Crippen molar-refractivity contribution in [3.63, 3.8) is 0 Å². The highest BCUT2D eigenvalue weighted by atomic mass is 16.6. The normalized spacial score (nSPS) is 24.8. The molecule has 9 heterocycles. The van der Waals surface area contributed by atoms with Crippen molar-refractivity contribution in [1.29, 1.82) is 0 Å². The average Bonchev–Trinajstić information content (AvgIpc) is 4.06. The number of benzene rings is 2. The lowest BCUT2D eigenvalue weighted by Crippen LogP contribution is -2.58. The molecule has 4 bridgehead atoms. The number of fused-ring (bicyclic) bond motifs is 4. The fourth-order valence-electron chi connectivity index (χ4n) is 10.1. The first-order chi connectivity index (χ1) is 28.9. The van der Waals surface area contributed by atoms with Gasteiger partial charge >= 0.3 is 12.2 Å². The van der Waals surface area contributed by atoms with Crippen molar-refractivity contribution < 1.29 is 42.7 Å². The van der Waals surface area contributed by atoms with E-state index in [0.29, 0.717) is 73.7 Å². The maximum Gasteiger partial charge on any atom is 0.410 e. The van der Waals surface area contributed by atoms with E-state index in [1.807, 2.05) is 48.5 Å². The maximum atomic E-state index is 15.4. The van der Waals surface area contributed by atoms with Gasteiger partial charge in [-0.3, -0.25) is 38.1 Å². The minimum Gasteiger partial charge on any atom is -0.444 e. The van der Waals surface area contributed by atoms with Crippen LogP contribution in [-0.2, 0) is 30.1 Å². The fourth-order valence-corrected chi connectivity index (χ4v) is 10.1. The largest absolute Gasteiger partial charge is 0.444 e. The van der Waals surface area contributed by atoms with E-state index in [2.05, 4.69) is 0 Å².